The number of hydrogen-bond donors (Lipinski definition) is 1. The molecule has 1 heterocycles. The van der Waals surface area contributed by atoms with Crippen LogP contribution in [0.25, 0.3) is 10.2 Å². The van der Waals surface area contributed by atoms with E-state index < -0.39 is 5.54 Å². The van der Waals surface area contributed by atoms with Crippen molar-refractivity contribution in [3.05, 3.63) is 24.3 Å². The van der Waals surface area contributed by atoms with Gasteiger partial charge >= 0.3 is 0 Å². The van der Waals surface area contributed by atoms with Gasteiger partial charge in [0.2, 0.25) is 5.91 Å². The number of nitrogens with one attached hydrogen (secondary N) is 1. The number of rotatable bonds is 4. The summed E-state index contributed by atoms with van der Waals surface area (Å²) in [5.74, 6) is -0.0716. The first-order valence-corrected chi connectivity index (χ1v) is 9.57. The lowest BCUT2D eigenvalue weighted by atomic mass is 9.83. The number of thiazole rings is 1. The number of carbonyl (C=O) groups excluding carboxylic acids is 1. The van der Waals surface area contributed by atoms with E-state index in [9.17, 15) is 10.1 Å². The van der Waals surface area contributed by atoms with Crippen molar-refractivity contribution < 1.29 is 4.79 Å². The first kappa shape index (κ1) is 16.3. The molecule has 1 aromatic carbocycles. The van der Waals surface area contributed by atoms with Crippen LogP contribution in [-0.4, -0.2) is 21.7 Å². The van der Waals surface area contributed by atoms with Gasteiger partial charge in [-0.25, -0.2) is 4.98 Å². The van der Waals surface area contributed by atoms with Crippen LogP contribution >= 0.6 is 23.1 Å². The number of aromatic nitrogens is 1. The van der Waals surface area contributed by atoms with E-state index in [-0.39, 0.29) is 11.2 Å². The molecule has 0 unspecified atom stereocenters. The summed E-state index contributed by atoms with van der Waals surface area (Å²) in [5, 5.41) is 12.2. The molecule has 0 aliphatic heterocycles. The van der Waals surface area contributed by atoms with E-state index in [1.165, 1.54) is 11.8 Å². The maximum atomic E-state index is 12.5. The SMILES string of the molecule is C[C@@H](Sc1nc2ccccc2s1)C(=O)NC1(C#N)CCCCC1. The van der Waals surface area contributed by atoms with Gasteiger partial charge in [-0.3, -0.25) is 4.79 Å². The van der Waals surface area contributed by atoms with Gasteiger partial charge in [0, 0.05) is 0 Å². The number of nitriles is 1. The molecular weight excluding hydrogens is 326 g/mol. The van der Waals surface area contributed by atoms with Gasteiger partial charge in [-0.05, 0) is 31.9 Å². The smallest absolute Gasteiger partial charge is 0.234 e. The normalized spacial score (nSPS) is 18.3. The Balaban J connectivity index is 1.66. The van der Waals surface area contributed by atoms with E-state index >= 15 is 0 Å². The second-order valence-corrected chi connectivity index (χ2v) is 8.57. The number of para-hydroxylation sites is 1. The summed E-state index contributed by atoms with van der Waals surface area (Å²) >= 11 is 3.06. The molecule has 23 heavy (non-hydrogen) atoms. The minimum Gasteiger partial charge on any atom is -0.337 e. The summed E-state index contributed by atoms with van der Waals surface area (Å²) < 4.78 is 2.02. The summed E-state index contributed by atoms with van der Waals surface area (Å²) in [6, 6.07) is 10.3. The van der Waals surface area contributed by atoms with E-state index in [4.69, 9.17) is 0 Å². The van der Waals surface area contributed by atoms with Crippen LogP contribution in [0.4, 0.5) is 0 Å². The predicted molar refractivity (Wildman–Crippen MR) is 94.5 cm³/mol. The second-order valence-electron chi connectivity index (χ2n) is 5.95. The van der Waals surface area contributed by atoms with Crippen LogP contribution in [0.2, 0.25) is 0 Å². The number of carbonyl (C=O) groups is 1. The summed E-state index contributed by atoms with van der Waals surface area (Å²) in [6.07, 6.45) is 4.68. The average Bonchev–Trinajstić information content (AvgIpc) is 2.97. The molecule has 4 nitrogen and oxygen atoms in total. The molecule has 1 fully saturated rings. The lowest BCUT2D eigenvalue weighted by Gasteiger charge is -2.32. The first-order chi connectivity index (χ1) is 11.1. The van der Waals surface area contributed by atoms with Crippen LogP contribution in [0, 0.1) is 11.3 Å². The molecule has 120 valence electrons. The van der Waals surface area contributed by atoms with Gasteiger partial charge in [0.15, 0.2) is 4.34 Å². The molecular formula is C17H19N3OS2. The highest BCUT2D eigenvalue weighted by molar-refractivity contribution is 8.02. The third-order valence-corrected chi connectivity index (χ3v) is 6.43. The molecule has 3 rings (SSSR count). The van der Waals surface area contributed by atoms with Gasteiger partial charge in [0.25, 0.3) is 0 Å². The Morgan fingerprint density at radius 1 is 1.39 bits per heavy atom. The van der Waals surface area contributed by atoms with Gasteiger partial charge in [-0.1, -0.05) is 43.2 Å². The lowest BCUT2D eigenvalue weighted by Crippen LogP contribution is -2.50. The van der Waals surface area contributed by atoms with Crippen LogP contribution < -0.4 is 5.32 Å². The molecule has 0 saturated heterocycles. The van der Waals surface area contributed by atoms with Crippen molar-refractivity contribution in [1.82, 2.24) is 10.3 Å². The van der Waals surface area contributed by atoms with E-state index in [0.29, 0.717) is 0 Å². The quantitative estimate of drug-likeness (QED) is 0.847. The van der Waals surface area contributed by atoms with Crippen LogP contribution in [0.1, 0.15) is 39.0 Å². The van der Waals surface area contributed by atoms with Gasteiger partial charge in [0.1, 0.15) is 5.54 Å². The Labute approximate surface area is 144 Å². The van der Waals surface area contributed by atoms with Crippen molar-refractivity contribution in [3.63, 3.8) is 0 Å². The predicted octanol–water partition coefficient (Wildman–Crippen LogP) is 4.12. The van der Waals surface area contributed by atoms with Crippen molar-refractivity contribution in [2.24, 2.45) is 0 Å². The maximum absolute atomic E-state index is 12.5. The Morgan fingerprint density at radius 3 is 2.83 bits per heavy atom. The highest BCUT2D eigenvalue weighted by Gasteiger charge is 2.35. The summed E-state index contributed by atoms with van der Waals surface area (Å²) in [5.41, 5.74) is 0.297. The molecule has 2 aromatic rings. The molecule has 1 atom stereocenters. The molecule has 1 aromatic heterocycles. The third kappa shape index (κ3) is 3.67. The minimum atomic E-state index is -0.669. The minimum absolute atomic E-state index is 0.0716. The number of fused-ring (bicyclic) bond motifs is 1. The zero-order valence-electron chi connectivity index (χ0n) is 13.0. The Morgan fingerprint density at radius 2 is 2.13 bits per heavy atom. The Kier molecular flexibility index (Phi) is 4.88. The van der Waals surface area contributed by atoms with E-state index in [0.717, 1.165) is 46.7 Å². The molecule has 1 aliphatic rings. The van der Waals surface area contributed by atoms with Crippen LogP contribution in [0.3, 0.4) is 0 Å². The number of thioether (sulfide) groups is 1. The van der Waals surface area contributed by atoms with Crippen molar-refractivity contribution in [2.45, 2.75) is 54.2 Å². The molecule has 1 amide bonds. The van der Waals surface area contributed by atoms with Crippen LogP contribution in [0.15, 0.2) is 28.6 Å². The Hall–Kier alpha value is -1.58. The standard InChI is InChI=1S/C17H19N3OS2/c1-12(15(21)20-17(11-18)9-5-2-6-10-17)22-16-19-13-7-3-4-8-14(13)23-16/h3-4,7-8,12H,2,5-6,9-10H2,1H3,(H,20,21)/t12-/m1/s1. The summed E-state index contributed by atoms with van der Waals surface area (Å²) in [6.45, 7) is 1.87. The zero-order chi connectivity index (χ0) is 16.3. The van der Waals surface area contributed by atoms with Crippen molar-refractivity contribution >= 4 is 39.2 Å². The molecule has 0 radical (unpaired) electrons. The highest BCUT2D eigenvalue weighted by Crippen LogP contribution is 2.33. The fraction of sp³-hybridized carbons (Fsp3) is 0.471. The van der Waals surface area contributed by atoms with E-state index in [1.807, 2.05) is 31.2 Å². The average molecular weight is 345 g/mol. The molecule has 0 spiro atoms. The van der Waals surface area contributed by atoms with Gasteiger partial charge in [0.05, 0.1) is 21.5 Å². The van der Waals surface area contributed by atoms with Crippen LogP contribution in [0.5, 0.6) is 0 Å². The monoisotopic (exact) mass is 345 g/mol. The second kappa shape index (κ2) is 6.90. The largest absolute Gasteiger partial charge is 0.337 e. The summed E-state index contributed by atoms with van der Waals surface area (Å²) in [7, 11) is 0. The number of nitrogens with zero attached hydrogens (tertiary/aromatic N) is 2. The fourth-order valence-corrected chi connectivity index (χ4v) is 5.08. The Bertz CT molecular complexity index is 711. The molecule has 1 N–H and O–H groups in total. The molecule has 6 heteroatoms. The highest BCUT2D eigenvalue weighted by atomic mass is 32.2. The third-order valence-electron chi connectivity index (χ3n) is 4.20. The fourth-order valence-electron chi connectivity index (χ4n) is 2.86. The maximum Gasteiger partial charge on any atom is 0.234 e. The lowest BCUT2D eigenvalue weighted by molar-refractivity contribution is -0.121. The number of benzene rings is 1. The summed E-state index contributed by atoms with van der Waals surface area (Å²) in [4.78, 5) is 17.0. The first-order valence-electron chi connectivity index (χ1n) is 7.87. The van der Waals surface area contributed by atoms with Gasteiger partial charge in [-0.15, -0.1) is 11.3 Å². The molecule has 1 saturated carbocycles. The van der Waals surface area contributed by atoms with Crippen molar-refractivity contribution in [2.75, 3.05) is 0 Å². The van der Waals surface area contributed by atoms with Crippen molar-refractivity contribution in [3.8, 4) is 6.07 Å². The number of amides is 1. The van der Waals surface area contributed by atoms with Gasteiger partial charge < -0.3 is 5.32 Å². The zero-order valence-corrected chi connectivity index (χ0v) is 14.7. The van der Waals surface area contributed by atoms with Gasteiger partial charge in [-0.2, -0.15) is 5.26 Å². The van der Waals surface area contributed by atoms with Crippen molar-refractivity contribution in [1.29, 1.82) is 5.26 Å². The molecule has 1 aliphatic carbocycles. The van der Waals surface area contributed by atoms with Crippen LogP contribution in [-0.2, 0) is 4.79 Å². The molecule has 0 bridgehead atoms. The topological polar surface area (TPSA) is 65.8 Å². The van der Waals surface area contributed by atoms with E-state index in [2.05, 4.69) is 16.4 Å². The van der Waals surface area contributed by atoms with E-state index in [1.54, 1.807) is 11.3 Å². The number of hydrogen-bond acceptors (Lipinski definition) is 5.